The summed E-state index contributed by atoms with van der Waals surface area (Å²) in [6.45, 7) is 10.6. The highest BCUT2D eigenvalue weighted by Gasteiger charge is 2.42. The summed E-state index contributed by atoms with van der Waals surface area (Å²) in [6.07, 6.45) is 10.8. The molecule has 0 aromatic carbocycles. The molecule has 0 saturated heterocycles. The van der Waals surface area contributed by atoms with Gasteiger partial charge in [-0.3, -0.25) is 0 Å². The van der Waals surface area contributed by atoms with E-state index >= 15 is 0 Å². The first-order valence-electron chi connectivity index (χ1n) is 9.46. The van der Waals surface area contributed by atoms with Crippen LogP contribution in [0.5, 0.6) is 0 Å². The van der Waals surface area contributed by atoms with E-state index in [9.17, 15) is 0 Å². The summed E-state index contributed by atoms with van der Waals surface area (Å²) in [6, 6.07) is 0.650. The van der Waals surface area contributed by atoms with E-state index in [1.165, 1.54) is 51.4 Å². The molecule has 3 unspecified atom stereocenters. The number of nitrogens with zero attached hydrogens (tertiary/aromatic N) is 1. The maximum atomic E-state index is 3.97. The lowest BCUT2D eigenvalue weighted by Gasteiger charge is -2.50. The van der Waals surface area contributed by atoms with Crippen molar-refractivity contribution in [3.63, 3.8) is 0 Å². The van der Waals surface area contributed by atoms with Crippen LogP contribution in [0.25, 0.3) is 0 Å². The molecule has 0 radical (unpaired) electrons. The van der Waals surface area contributed by atoms with Crippen molar-refractivity contribution in [2.75, 3.05) is 20.6 Å². The van der Waals surface area contributed by atoms with Gasteiger partial charge in [0.1, 0.15) is 0 Å². The smallest absolute Gasteiger partial charge is 0.0353 e. The average molecular weight is 297 g/mol. The number of hydrogen-bond donors (Lipinski definition) is 1. The SMILES string of the molecule is CCCNC(C1CCCC(CC)C1)C(CC)(CC)N(C)C. The maximum Gasteiger partial charge on any atom is 0.0353 e. The first-order valence-corrected chi connectivity index (χ1v) is 9.46. The Bertz CT molecular complexity index is 271. The predicted molar refractivity (Wildman–Crippen MR) is 94.8 cm³/mol. The van der Waals surface area contributed by atoms with Crippen LogP contribution in [-0.4, -0.2) is 37.1 Å². The normalized spacial score (nSPS) is 25.3. The third kappa shape index (κ3) is 4.45. The summed E-state index contributed by atoms with van der Waals surface area (Å²) in [5, 5.41) is 3.97. The number of likely N-dealkylation sites (N-methyl/N-ethyl adjacent to an activating group) is 1. The Labute approximate surface area is 134 Å². The van der Waals surface area contributed by atoms with Crippen molar-refractivity contribution >= 4 is 0 Å². The van der Waals surface area contributed by atoms with Crippen LogP contribution >= 0.6 is 0 Å². The molecular formula is C19H40N2. The van der Waals surface area contributed by atoms with Crippen molar-refractivity contribution in [2.24, 2.45) is 11.8 Å². The predicted octanol–water partition coefficient (Wildman–Crippen LogP) is 4.69. The Hall–Kier alpha value is -0.0800. The van der Waals surface area contributed by atoms with Crippen LogP contribution in [0, 0.1) is 11.8 Å². The van der Waals surface area contributed by atoms with E-state index in [-0.39, 0.29) is 0 Å². The van der Waals surface area contributed by atoms with Gasteiger partial charge in [0.15, 0.2) is 0 Å². The van der Waals surface area contributed by atoms with E-state index in [4.69, 9.17) is 0 Å². The van der Waals surface area contributed by atoms with Crippen LogP contribution in [0.4, 0.5) is 0 Å². The quantitative estimate of drug-likeness (QED) is 0.664. The lowest BCUT2D eigenvalue weighted by Crippen LogP contribution is -2.62. The molecule has 2 nitrogen and oxygen atoms in total. The fourth-order valence-electron chi connectivity index (χ4n) is 4.70. The molecule has 0 aliphatic heterocycles. The van der Waals surface area contributed by atoms with Gasteiger partial charge in [0.25, 0.3) is 0 Å². The molecule has 1 saturated carbocycles. The van der Waals surface area contributed by atoms with E-state index in [1.807, 2.05) is 0 Å². The van der Waals surface area contributed by atoms with Crippen molar-refractivity contribution in [1.29, 1.82) is 0 Å². The molecule has 1 N–H and O–H groups in total. The van der Waals surface area contributed by atoms with Gasteiger partial charge in [-0.25, -0.2) is 0 Å². The summed E-state index contributed by atoms with van der Waals surface area (Å²) >= 11 is 0. The van der Waals surface area contributed by atoms with Crippen LogP contribution in [-0.2, 0) is 0 Å². The molecule has 21 heavy (non-hydrogen) atoms. The third-order valence-electron chi connectivity index (χ3n) is 6.18. The molecule has 0 aromatic rings. The van der Waals surface area contributed by atoms with Crippen LogP contribution < -0.4 is 5.32 Å². The molecule has 0 heterocycles. The monoisotopic (exact) mass is 296 g/mol. The van der Waals surface area contributed by atoms with Gasteiger partial charge in [-0.05, 0) is 64.6 Å². The van der Waals surface area contributed by atoms with Crippen molar-refractivity contribution in [2.45, 2.75) is 90.6 Å². The summed E-state index contributed by atoms with van der Waals surface area (Å²) in [5.74, 6) is 1.82. The molecule has 0 aromatic heterocycles. The molecular weight excluding hydrogens is 256 g/mol. The summed E-state index contributed by atoms with van der Waals surface area (Å²) in [4.78, 5) is 2.51. The highest BCUT2D eigenvalue weighted by Crippen LogP contribution is 2.39. The summed E-state index contributed by atoms with van der Waals surface area (Å²) < 4.78 is 0. The van der Waals surface area contributed by atoms with Gasteiger partial charge < -0.3 is 10.2 Å². The Morgan fingerprint density at radius 3 is 2.24 bits per heavy atom. The fraction of sp³-hybridized carbons (Fsp3) is 1.00. The van der Waals surface area contributed by atoms with Crippen molar-refractivity contribution in [1.82, 2.24) is 10.2 Å². The van der Waals surface area contributed by atoms with Gasteiger partial charge in [-0.1, -0.05) is 47.0 Å². The third-order valence-corrected chi connectivity index (χ3v) is 6.18. The highest BCUT2D eigenvalue weighted by molar-refractivity contribution is 5.01. The molecule has 0 spiro atoms. The van der Waals surface area contributed by atoms with Crippen LogP contribution in [0.1, 0.15) is 79.1 Å². The molecule has 2 heteroatoms. The van der Waals surface area contributed by atoms with Gasteiger partial charge in [-0.15, -0.1) is 0 Å². The summed E-state index contributed by atoms with van der Waals surface area (Å²) in [5.41, 5.74) is 0.315. The zero-order chi connectivity index (χ0) is 15.9. The van der Waals surface area contributed by atoms with Crippen LogP contribution in [0.15, 0.2) is 0 Å². The molecule has 1 aliphatic carbocycles. The molecule has 1 fully saturated rings. The first kappa shape index (κ1) is 19.0. The van der Waals surface area contributed by atoms with E-state index in [0.717, 1.165) is 18.4 Å². The molecule has 1 rings (SSSR count). The van der Waals surface area contributed by atoms with Crippen LogP contribution in [0.2, 0.25) is 0 Å². The van der Waals surface area contributed by atoms with Crippen molar-refractivity contribution in [3.05, 3.63) is 0 Å². The zero-order valence-corrected chi connectivity index (χ0v) is 15.5. The second kappa shape index (κ2) is 9.15. The van der Waals surface area contributed by atoms with Crippen LogP contribution in [0.3, 0.4) is 0 Å². The number of hydrogen-bond acceptors (Lipinski definition) is 2. The molecule has 0 bridgehead atoms. The van der Waals surface area contributed by atoms with Crippen molar-refractivity contribution < 1.29 is 0 Å². The standard InChI is InChI=1S/C19H40N2/c1-7-14-20-18(19(9-3,10-4)21(5)6)17-13-11-12-16(8-2)15-17/h16-18,20H,7-15H2,1-6H3. The topological polar surface area (TPSA) is 15.3 Å². The molecule has 0 amide bonds. The maximum absolute atomic E-state index is 3.97. The number of nitrogens with one attached hydrogen (secondary N) is 1. The zero-order valence-electron chi connectivity index (χ0n) is 15.5. The fourth-order valence-corrected chi connectivity index (χ4v) is 4.70. The minimum Gasteiger partial charge on any atom is -0.312 e. The Morgan fingerprint density at radius 1 is 1.10 bits per heavy atom. The lowest BCUT2D eigenvalue weighted by molar-refractivity contribution is 0.0405. The minimum absolute atomic E-state index is 0.315. The molecule has 3 atom stereocenters. The average Bonchev–Trinajstić information content (AvgIpc) is 2.51. The van der Waals surface area contributed by atoms with Crippen molar-refractivity contribution in [3.8, 4) is 0 Å². The summed E-state index contributed by atoms with van der Waals surface area (Å²) in [7, 11) is 4.57. The molecule has 126 valence electrons. The number of rotatable bonds is 9. The van der Waals surface area contributed by atoms with E-state index in [1.54, 1.807) is 0 Å². The highest BCUT2D eigenvalue weighted by atomic mass is 15.2. The van der Waals surface area contributed by atoms with E-state index in [2.05, 4.69) is 52.0 Å². The Kier molecular flexibility index (Phi) is 8.26. The second-order valence-electron chi connectivity index (χ2n) is 7.34. The van der Waals surface area contributed by atoms with Gasteiger partial charge >= 0.3 is 0 Å². The van der Waals surface area contributed by atoms with E-state index in [0.29, 0.717) is 11.6 Å². The van der Waals surface area contributed by atoms with Gasteiger partial charge in [0.2, 0.25) is 0 Å². The lowest BCUT2D eigenvalue weighted by atomic mass is 9.69. The van der Waals surface area contributed by atoms with E-state index < -0.39 is 0 Å². The Morgan fingerprint density at radius 2 is 1.76 bits per heavy atom. The van der Waals surface area contributed by atoms with Gasteiger partial charge in [-0.2, -0.15) is 0 Å². The molecule has 1 aliphatic rings. The second-order valence-corrected chi connectivity index (χ2v) is 7.34. The Balaban J connectivity index is 2.96. The van der Waals surface area contributed by atoms with Gasteiger partial charge in [0.05, 0.1) is 0 Å². The minimum atomic E-state index is 0.315. The first-order chi connectivity index (χ1) is 10.1. The largest absolute Gasteiger partial charge is 0.312 e. The van der Waals surface area contributed by atoms with Gasteiger partial charge in [0, 0.05) is 11.6 Å².